The molecule has 1 fully saturated rings. The first-order valence-corrected chi connectivity index (χ1v) is 8.96. The van der Waals surface area contributed by atoms with Crippen LogP contribution in [0.15, 0.2) is 6.07 Å². The maximum atomic E-state index is 12.7. The molecular weight excluding hydrogens is 324 g/mol. The van der Waals surface area contributed by atoms with Gasteiger partial charge >= 0.3 is 0 Å². The number of phenols is 2. The minimum absolute atomic E-state index is 0.0106. The zero-order valence-electron chi connectivity index (χ0n) is 14.9. The van der Waals surface area contributed by atoms with Crippen molar-refractivity contribution in [3.63, 3.8) is 0 Å². The van der Waals surface area contributed by atoms with Gasteiger partial charge in [0.05, 0.1) is 17.1 Å². The summed E-state index contributed by atoms with van der Waals surface area (Å²) >= 11 is 0. The molecular formula is C19H26O6. The van der Waals surface area contributed by atoms with Crippen LogP contribution in [0.4, 0.5) is 0 Å². The Morgan fingerprint density at radius 3 is 2.56 bits per heavy atom. The molecule has 1 saturated carbocycles. The van der Waals surface area contributed by atoms with Gasteiger partial charge in [-0.05, 0) is 37.3 Å². The van der Waals surface area contributed by atoms with E-state index in [4.69, 9.17) is 4.74 Å². The van der Waals surface area contributed by atoms with Gasteiger partial charge < -0.3 is 25.2 Å². The highest BCUT2D eigenvalue weighted by atomic mass is 16.5. The molecule has 1 heterocycles. The summed E-state index contributed by atoms with van der Waals surface area (Å²) in [6.45, 7) is 5.48. The molecule has 0 unspecified atom stereocenters. The van der Waals surface area contributed by atoms with Gasteiger partial charge in [-0.2, -0.15) is 0 Å². The number of benzene rings is 1. The highest BCUT2D eigenvalue weighted by Gasteiger charge is 2.69. The standard InChI is InChI=1S/C19H26O6/c1-4-10-9-12(21)15(23)16-14(10)19(13(22)5-2)17(25-16)11(20)7-8-18(19,24)6-3/h9,13,17,21-24H,4-8H2,1-3H3/t13-,17+,18+,19+/m1/s1. The molecule has 0 saturated heterocycles. The average Bonchev–Trinajstić information content (AvgIpc) is 2.99. The smallest absolute Gasteiger partial charge is 0.200 e. The first kappa shape index (κ1) is 18.0. The summed E-state index contributed by atoms with van der Waals surface area (Å²) in [5.74, 6) is -0.974. The SMILES string of the molecule is CCc1cc(O)c(O)c2c1[C@@]1([C@H](O)CC)[C@@H](O2)C(=O)CC[C@@]1(O)CC. The number of aromatic hydroxyl groups is 2. The fourth-order valence-corrected chi connectivity index (χ4v) is 4.78. The summed E-state index contributed by atoms with van der Waals surface area (Å²) in [6.07, 6.45) is -0.574. The molecule has 0 bridgehead atoms. The summed E-state index contributed by atoms with van der Waals surface area (Å²) in [7, 11) is 0. The van der Waals surface area contributed by atoms with E-state index in [0.717, 1.165) is 0 Å². The van der Waals surface area contributed by atoms with E-state index in [1.54, 1.807) is 6.92 Å². The van der Waals surface area contributed by atoms with Gasteiger partial charge in [0.2, 0.25) is 5.75 Å². The van der Waals surface area contributed by atoms with E-state index in [-0.39, 0.29) is 30.1 Å². The average molecular weight is 350 g/mol. The quantitative estimate of drug-likeness (QED) is 0.618. The van der Waals surface area contributed by atoms with Gasteiger partial charge in [0.25, 0.3) is 0 Å². The Bertz CT molecular complexity index is 714. The first-order chi connectivity index (χ1) is 11.8. The number of aliphatic hydroxyl groups is 2. The highest BCUT2D eigenvalue weighted by Crippen LogP contribution is 2.61. The number of phenolic OH excluding ortho intramolecular Hbond substituents is 2. The molecule has 0 aromatic heterocycles. The molecule has 6 nitrogen and oxygen atoms in total. The summed E-state index contributed by atoms with van der Waals surface area (Å²) < 4.78 is 5.82. The van der Waals surface area contributed by atoms with Crippen molar-refractivity contribution >= 4 is 5.78 Å². The van der Waals surface area contributed by atoms with Crippen molar-refractivity contribution in [2.75, 3.05) is 0 Å². The number of hydrogen-bond acceptors (Lipinski definition) is 6. The van der Waals surface area contributed by atoms with Crippen LogP contribution in [0.1, 0.15) is 57.6 Å². The maximum Gasteiger partial charge on any atom is 0.200 e. The molecule has 1 aromatic rings. The topological polar surface area (TPSA) is 107 Å². The van der Waals surface area contributed by atoms with E-state index in [0.29, 0.717) is 30.4 Å². The number of aryl methyl sites for hydroxylation is 1. The van der Waals surface area contributed by atoms with Gasteiger partial charge in [-0.3, -0.25) is 4.79 Å². The fourth-order valence-electron chi connectivity index (χ4n) is 4.78. The lowest BCUT2D eigenvalue weighted by Crippen LogP contribution is -2.68. The van der Waals surface area contributed by atoms with Crippen LogP contribution >= 0.6 is 0 Å². The molecule has 0 amide bonds. The molecule has 4 N–H and O–H groups in total. The van der Waals surface area contributed by atoms with Gasteiger partial charge in [-0.1, -0.05) is 20.8 Å². The third-order valence-corrected chi connectivity index (χ3v) is 6.11. The Labute approximate surface area is 147 Å². The molecule has 3 rings (SSSR count). The second-order valence-electron chi connectivity index (χ2n) is 7.10. The molecule has 25 heavy (non-hydrogen) atoms. The van der Waals surface area contributed by atoms with Crippen molar-refractivity contribution in [1.82, 2.24) is 0 Å². The van der Waals surface area contributed by atoms with Crippen molar-refractivity contribution < 1.29 is 30.0 Å². The Morgan fingerprint density at radius 2 is 2.00 bits per heavy atom. The molecule has 0 radical (unpaired) electrons. The molecule has 1 aromatic carbocycles. The molecule has 2 aliphatic rings. The number of carbonyl (C=O) groups is 1. The number of ether oxygens (including phenoxy) is 1. The Kier molecular flexibility index (Phi) is 4.24. The van der Waals surface area contributed by atoms with Crippen LogP contribution in [-0.4, -0.2) is 44.0 Å². The minimum atomic E-state index is -1.35. The number of fused-ring (bicyclic) bond motifs is 3. The summed E-state index contributed by atoms with van der Waals surface area (Å²) in [5.41, 5.74) is -1.58. The van der Waals surface area contributed by atoms with Crippen LogP contribution in [-0.2, 0) is 16.6 Å². The van der Waals surface area contributed by atoms with Gasteiger partial charge in [-0.15, -0.1) is 0 Å². The first-order valence-electron chi connectivity index (χ1n) is 8.96. The van der Waals surface area contributed by atoms with Crippen molar-refractivity contribution in [1.29, 1.82) is 0 Å². The predicted octanol–water partition coefficient (Wildman–Crippen LogP) is 1.93. The zero-order chi connectivity index (χ0) is 18.6. The Hall–Kier alpha value is -1.79. The number of aliphatic hydroxyl groups excluding tert-OH is 1. The second kappa shape index (κ2) is 5.88. The van der Waals surface area contributed by atoms with E-state index in [9.17, 15) is 25.2 Å². The van der Waals surface area contributed by atoms with Crippen molar-refractivity contribution in [3.8, 4) is 17.2 Å². The fraction of sp³-hybridized carbons (Fsp3) is 0.632. The van der Waals surface area contributed by atoms with Crippen LogP contribution < -0.4 is 4.74 Å². The van der Waals surface area contributed by atoms with E-state index >= 15 is 0 Å². The molecule has 1 aliphatic heterocycles. The van der Waals surface area contributed by atoms with Crippen LogP contribution in [0.3, 0.4) is 0 Å². The van der Waals surface area contributed by atoms with Crippen LogP contribution in [0, 0.1) is 0 Å². The highest BCUT2D eigenvalue weighted by molar-refractivity contribution is 5.90. The molecule has 0 spiro atoms. The largest absolute Gasteiger partial charge is 0.504 e. The summed E-state index contributed by atoms with van der Waals surface area (Å²) in [5, 5.41) is 42.9. The Balaban J connectivity index is 2.43. The van der Waals surface area contributed by atoms with E-state index in [1.807, 2.05) is 13.8 Å². The van der Waals surface area contributed by atoms with Crippen molar-refractivity contribution in [3.05, 3.63) is 17.2 Å². The number of ketones is 1. The molecule has 1 aliphatic carbocycles. The second-order valence-corrected chi connectivity index (χ2v) is 7.10. The van der Waals surface area contributed by atoms with Crippen molar-refractivity contribution in [2.45, 2.75) is 76.1 Å². The normalized spacial score (nSPS) is 32.0. The zero-order valence-corrected chi connectivity index (χ0v) is 14.9. The van der Waals surface area contributed by atoms with Gasteiger partial charge in [-0.25, -0.2) is 0 Å². The number of hydrogen-bond donors (Lipinski definition) is 4. The predicted molar refractivity (Wildman–Crippen MR) is 91.0 cm³/mol. The molecule has 6 heteroatoms. The summed E-state index contributed by atoms with van der Waals surface area (Å²) in [4.78, 5) is 12.7. The minimum Gasteiger partial charge on any atom is -0.504 e. The van der Waals surface area contributed by atoms with E-state index in [1.165, 1.54) is 6.07 Å². The monoisotopic (exact) mass is 350 g/mol. The number of carbonyl (C=O) groups excluding carboxylic acids is 1. The lowest BCUT2D eigenvalue weighted by atomic mass is 9.54. The van der Waals surface area contributed by atoms with E-state index in [2.05, 4.69) is 0 Å². The Morgan fingerprint density at radius 1 is 1.32 bits per heavy atom. The third kappa shape index (κ3) is 2.07. The summed E-state index contributed by atoms with van der Waals surface area (Å²) in [6, 6.07) is 1.43. The lowest BCUT2D eigenvalue weighted by Gasteiger charge is -2.52. The van der Waals surface area contributed by atoms with E-state index < -0.39 is 29.0 Å². The third-order valence-electron chi connectivity index (χ3n) is 6.11. The maximum absolute atomic E-state index is 12.7. The van der Waals surface area contributed by atoms with Crippen LogP contribution in [0.25, 0.3) is 0 Å². The van der Waals surface area contributed by atoms with Gasteiger partial charge in [0.1, 0.15) is 0 Å². The van der Waals surface area contributed by atoms with Gasteiger partial charge in [0.15, 0.2) is 23.4 Å². The van der Waals surface area contributed by atoms with Crippen LogP contribution in [0.2, 0.25) is 0 Å². The molecule has 4 atom stereocenters. The van der Waals surface area contributed by atoms with Crippen LogP contribution in [0.5, 0.6) is 17.2 Å². The molecule has 138 valence electrons. The number of rotatable bonds is 4. The van der Waals surface area contributed by atoms with Crippen molar-refractivity contribution in [2.24, 2.45) is 0 Å². The van der Waals surface area contributed by atoms with Gasteiger partial charge in [0, 0.05) is 12.0 Å². The number of Topliss-reactive ketones (excluding diaryl/α,β-unsaturated/α-hetero) is 1. The lowest BCUT2D eigenvalue weighted by molar-refractivity contribution is -0.168.